The zero-order valence-corrected chi connectivity index (χ0v) is 7.88. The minimum absolute atomic E-state index is 0.0403. The lowest BCUT2D eigenvalue weighted by molar-refractivity contribution is -0.247. The van der Waals surface area contributed by atoms with Crippen molar-refractivity contribution in [1.29, 1.82) is 0 Å². The summed E-state index contributed by atoms with van der Waals surface area (Å²) in [6, 6.07) is 0. The Bertz CT molecular complexity index is 196. The van der Waals surface area contributed by atoms with Gasteiger partial charge in [0.1, 0.15) is 0 Å². The summed E-state index contributed by atoms with van der Waals surface area (Å²) in [6.45, 7) is 4.55. The molecule has 3 unspecified atom stereocenters. The van der Waals surface area contributed by atoms with E-state index in [9.17, 15) is 5.11 Å². The van der Waals surface area contributed by atoms with Crippen LogP contribution in [0.3, 0.4) is 0 Å². The third kappa shape index (κ3) is 0.775. The van der Waals surface area contributed by atoms with Crippen LogP contribution in [0.4, 0.5) is 0 Å². The topological polar surface area (TPSA) is 40.5 Å². The Morgan fingerprint density at radius 2 is 2.08 bits per heavy atom. The molecule has 0 spiro atoms. The van der Waals surface area contributed by atoms with Gasteiger partial charge in [-0.2, -0.15) is 0 Å². The van der Waals surface area contributed by atoms with Crippen molar-refractivity contribution < 1.29 is 10.2 Å². The van der Waals surface area contributed by atoms with Crippen LogP contribution in [0.1, 0.15) is 33.1 Å². The van der Waals surface area contributed by atoms with Gasteiger partial charge in [0.25, 0.3) is 0 Å². The number of aliphatic hydroxyl groups excluding tert-OH is 1. The molecule has 0 aromatic rings. The first kappa shape index (κ1) is 8.52. The van der Waals surface area contributed by atoms with Gasteiger partial charge < -0.3 is 10.2 Å². The number of hydrogen-bond acceptors (Lipinski definition) is 2. The van der Waals surface area contributed by atoms with Crippen LogP contribution < -0.4 is 0 Å². The van der Waals surface area contributed by atoms with Crippen molar-refractivity contribution in [3.8, 4) is 0 Å². The SMILES string of the molecule is CC1(C)C2CC1(O)CCC2CO. The van der Waals surface area contributed by atoms with Gasteiger partial charge in [-0.15, -0.1) is 0 Å². The van der Waals surface area contributed by atoms with Crippen molar-refractivity contribution in [2.24, 2.45) is 17.3 Å². The van der Waals surface area contributed by atoms with Crippen LogP contribution in [0, 0.1) is 17.3 Å². The molecule has 2 heteroatoms. The molecule has 0 aromatic heterocycles. The molecule has 2 bridgehead atoms. The number of fused-ring (bicyclic) bond motifs is 2. The molecule has 3 aliphatic rings. The molecule has 70 valence electrons. The van der Waals surface area contributed by atoms with Crippen LogP contribution in [0.15, 0.2) is 0 Å². The van der Waals surface area contributed by atoms with Gasteiger partial charge in [-0.3, -0.25) is 0 Å². The summed E-state index contributed by atoms with van der Waals surface area (Å²) in [5.74, 6) is 0.982. The average molecular weight is 170 g/mol. The Morgan fingerprint density at radius 1 is 1.42 bits per heavy atom. The van der Waals surface area contributed by atoms with Crippen LogP contribution in [0.5, 0.6) is 0 Å². The second-order valence-electron chi connectivity index (χ2n) is 5.05. The summed E-state index contributed by atoms with van der Waals surface area (Å²) < 4.78 is 0. The van der Waals surface area contributed by atoms with Crippen LogP contribution in [-0.2, 0) is 0 Å². The Hall–Kier alpha value is -0.0800. The third-order valence-electron chi connectivity index (χ3n) is 4.42. The highest BCUT2D eigenvalue weighted by atomic mass is 16.3. The molecule has 3 saturated carbocycles. The van der Waals surface area contributed by atoms with Crippen LogP contribution >= 0.6 is 0 Å². The monoisotopic (exact) mass is 170 g/mol. The molecule has 0 heterocycles. The van der Waals surface area contributed by atoms with Crippen molar-refractivity contribution >= 4 is 0 Å². The third-order valence-corrected chi connectivity index (χ3v) is 4.42. The van der Waals surface area contributed by atoms with Crippen molar-refractivity contribution in [2.45, 2.75) is 38.7 Å². The summed E-state index contributed by atoms with van der Waals surface area (Å²) in [5.41, 5.74) is -0.373. The van der Waals surface area contributed by atoms with E-state index in [1.807, 2.05) is 0 Å². The fourth-order valence-corrected chi connectivity index (χ4v) is 3.12. The largest absolute Gasteiger partial charge is 0.396 e. The lowest BCUT2D eigenvalue weighted by Gasteiger charge is -2.65. The van der Waals surface area contributed by atoms with E-state index in [-0.39, 0.29) is 5.41 Å². The van der Waals surface area contributed by atoms with E-state index in [0.717, 1.165) is 19.3 Å². The van der Waals surface area contributed by atoms with E-state index in [1.165, 1.54) is 0 Å². The zero-order chi connectivity index (χ0) is 8.98. The highest BCUT2D eigenvalue weighted by molar-refractivity contribution is 5.13. The summed E-state index contributed by atoms with van der Waals surface area (Å²) in [7, 11) is 0. The Kier molecular flexibility index (Phi) is 1.59. The van der Waals surface area contributed by atoms with Gasteiger partial charge in [-0.05, 0) is 36.5 Å². The average Bonchev–Trinajstić information content (AvgIpc) is 2.04. The first-order valence-electron chi connectivity index (χ1n) is 4.84. The molecule has 2 nitrogen and oxygen atoms in total. The predicted octanol–water partition coefficient (Wildman–Crippen LogP) is 1.17. The number of rotatable bonds is 1. The van der Waals surface area contributed by atoms with E-state index in [2.05, 4.69) is 13.8 Å². The van der Waals surface area contributed by atoms with Gasteiger partial charge in [-0.1, -0.05) is 13.8 Å². The van der Waals surface area contributed by atoms with Crippen molar-refractivity contribution in [2.75, 3.05) is 6.61 Å². The van der Waals surface area contributed by atoms with Crippen molar-refractivity contribution in [3.63, 3.8) is 0 Å². The van der Waals surface area contributed by atoms with Gasteiger partial charge in [-0.25, -0.2) is 0 Å². The molecule has 12 heavy (non-hydrogen) atoms. The van der Waals surface area contributed by atoms with Crippen LogP contribution in [-0.4, -0.2) is 22.4 Å². The Balaban J connectivity index is 2.18. The second kappa shape index (κ2) is 2.24. The minimum Gasteiger partial charge on any atom is -0.396 e. The molecule has 0 saturated heterocycles. The quantitative estimate of drug-likeness (QED) is 0.620. The summed E-state index contributed by atoms with van der Waals surface area (Å²) in [5, 5.41) is 19.2. The highest BCUT2D eigenvalue weighted by Gasteiger charge is 2.63. The predicted molar refractivity (Wildman–Crippen MR) is 46.6 cm³/mol. The standard InChI is InChI=1S/C10H18O2/c1-9(2)8-5-10(9,12)4-3-7(8)6-11/h7-8,11-12H,3-6H2,1-2H3. The summed E-state index contributed by atoms with van der Waals surface area (Å²) in [4.78, 5) is 0. The van der Waals surface area contributed by atoms with Gasteiger partial charge in [0.15, 0.2) is 0 Å². The fourth-order valence-electron chi connectivity index (χ4n) is 3.12. The number of hydrogen-bond donors (Lipinski definition) is 2. The summed E-state index contributed by atoms with van der Waals surface area (Å²) >= 11 is 0. The molecule has 0 aliphatic heterocycles. The lowest BCUT2D eigenvalue weighted by atomic mass is 9.43. The molecule has 3 rings (SSSR count). The van der Waals surface area contributed by atoms with E-state index >= 15 is 0 Å². The van der Waals surface area contributed by atoms with Gasteiger partial charge in [0.2, 0.25) is 0 Å². The van der Waals surface area contributed by atoms with Gasteiger partial charge >= 0.3 is 0 Å². The molecule has 0 aromatic carbocycles. The maximum atomic E-state index is 10.1. The zero-order valence-electron chi connectivity index (χ0n) is 7.88. The fraction of sp³-hybridized carbons (Fsp3) is 1.00. The van der Waals surface area contributed by atoms with Gasteiger partial charge in [0, 0.05) is 6.61 Å². The molecular weight excluding hydrogens is 152 g/mol. The molecular formula is C10H18O2. The molecule has 3 atom stereocenters. The van der Waals surface area contributed by atoms with Gasteiger partial charge in [0.05, 0.1) is 5.60 Å². The Labute approximate surface area is 73.6 Å². The minimum atomic E-state index is -0.413. The van der Waals surface area contributed by atoms with E-state index in [4.69, 9.17) is 5.11 Å². The van der Waals surface area contributed by atoms with E-state index < -0.39 is 5.60 Å². The smallest absolute Gasteiger partial charge is 0.0704 e. The van der Waals surface area contributed by atoms with Crippen molar-refractivity contribution in [1.82, 2.24) is 0 Å². The first-order valence-corrected chi connectivity index (χ1v) is 4.84. The normalized spacial score (nSPS) is 50.0. The van der Waals surface area contributed by atoms with E-state index in [0.29, 0.717) is 18.4 Å². The van der Waals surface area contributed by atoms with Crippen LogP contribution in [0.25, 0.3) is 0 Å². The Morgan fingerprint density at radius 3 is 2.50 bits per heavy atom. The maximum Gasteiger partial charge on any atom is 0.0704 e. The molecule has 0 amide bonds. The molecule has 3 fully saturated rings. The highest BCUT2D eigenvalue weighted by Crippen LogP contribution is 2.63. The van der Waals surface area contributed by atoms with Crippen molar-refractivity contribution in [3.05, 3.63) is 0 Å². The summed E-state index contributed by atoms with van der Waals surface area (Å²) in [6.07, 6.45) is 2.79. The lowest BCUT2D eigenvalue weighted by Crippen LogP contribution is -2.66. The molecule has 3 aliphatic carbocycles. The second-order valence-corrected chi connectivity index (χ2v) is 5.05. The van der Waals surface area contributed by atoms with E-state index in [1.54, 1.807) is 0 Å². The number of aliphatic hydroxyl groups is 2. The maximum absolute atomic E-state index is 10.1. The van der Waals surface area contributed by atoms with Crippen LogP contribution in [0.2, 0.25) is 0 Å². The molecule has 0 radical (unpaired) electrons. The first-order chi connectivity index (χ1) is 5.51. The molecule has 2 N–H and O–H groups in total.